The van der Waals surface area contributed by atoms with E-state index in [1.165, 1.54) is 25.7 Å². The van der Waals surface area contributed by atoms with Gasteiger partial charge in [-0.25, -0.2) is 0 Å². The highest BCUT2D eigenvalue weighted by molar-refractivity contribution is 7.80. The standard InChI is InChI=1S/C12H24N2S/c1-4-10(3)13-12(15)14-11-8-6-5-7-9(11)2/h9-11H,4-8H2,1-3H3,(H2,13,14,15)/t9-,10+,11+/m0/s1. The first-order valence-electron chi connectivity index (χ1n) is 6.20. The smallest absolute Gasteiger partial charge is 0.166 e. The fourth-order valence-electron chi connectivity index (χ4n) is 2.07. The van der Waals surface area contributed by atoms with Gasteiger partial charge in [0.2, 0.25) is 0 Å². The molecule has 0 saturated heterocycles. The first-order valence-corrected chi connectivity index (χ1v) is 6.61. The Balaban J connectivity index is 2.29. The van der Waals surface area contributed by atoms with Gasteiger partial charge in [0, 0.05) is 12.1 Å². The third-order valence-corrected chi connectivity index (χ3v) is 3.65. The van der Waals surface area contributed by atoms with Gasteiger partial charge in [0.1, 0.15) is 0 Å². The molecule has 0 aromatic carbocycles. The SMILES string of the molecule is CC[C@@H](C)NC(=S)N[C@@H]1CCCC[C@@H]1C. The Labute approximate surface area is 99.2 Å². The van der Waals surface area contributed by atoms with E-state index in [0.717, 1.165) is 17.5 Å². The van der Waals surface area contributed by atoms with Crippen LogP contribution in [0.25, 0.3) is 0 Å². The maximum Gasteiger partial charge on any atom is 0.166 e. The molecule has 88 valence electrons. The van der Waals surface area contributed by atoms with Crippen molar-refractivity contribution in [2.75, 3.05) is 0 Å². The van der Waals surface area contributed by atoms with Crippen LogP contribution in [0.5, 0.6) is 0 Å². The van der Waals surface area contributed by atoms with Gasteiger partial charge in [0.15, 0.2) is 5.11 Å². The molecule has 15 heavy (non-hydrogen) atoms. The van der Waals surface area contributed by atoms with Crippen molar-refractivity contribution in [1.29, 1.82) is 0 Å². The summed E-state index contributed by atoms with van der Waals surface area (Å²) in [5.74, 6) is 0.760. The van der Waals surface area contributed by atoms with Gasteiger partial charge >= 0.3 is 0 Å². The van der Waals surface area contributed by atoms with E-state index >= 15 is 0 Å². The fourth-order valence-corrected chi connectivity index (χ4v) is 2.42. The summed E-state index contributed by atoms with van der Waals surface area (Å²) in [4.78, 5) is 0. The van der Waals surface area contributed by atoms with E-state index in [4.69, 9.17) is 12.2 Å². The molecule has 0 amide bonds. The van der Waals surface area contributed by atoms with Crippen molar-refractivity contribution in [3.05, 3.63) is 0 Å². The third-order valence-electron chi connectivity index (χ3n) is 3.42. The summed E-state index contributed by atoms with van der Waals surface area (Å²) >= 11 is 5.31. The summed E-state index contributed by atoms with van der Waals surface area (Å²) in [7, 11) is 0. The van der Waals surface area contributed by atoms with Crippen molar-refractivity contribution >= 4 is 17.3 Å². The van der Waals surface area contributed by atoms with Gasteiger partial charge in [0.25, 0.3) is 0 Å². The van der Waals surface area contributed by atoms with Gasteiger partial charge in [-0.2, -0.15) is 0 Å². The summed E-state index contributed by atoms with van der Waals surface area (Å²) in [6.45, 7) is 6.66. The van der Waals surface area contributed by atoms with E-state index in [1.54, 1.807) is 0 Å². The summed E-state index contributed by atoms with van der Waals surface area (Å²) in [6.07, 6.45) is 6.44. The molecule has 1 aliphatic rings. The minimum Gasteiger partial charge on any atom is -0.360 e. The Bertz CT molecular complexity index is 206. The monoisotopic (exact) mass is 228 g/mol. The predicted octanol–water partition coefficient (Wildman–Crippen LogP) is 2.83. The zero-order chi connectivity index (χ0) is 11.3. The minimum absolute atomic E-state index is 0.476. The van der Waals surface area contributed by atoms with Gasteiger partial charge in [-0.1, -0.05) is 26.7 Å². The molecule has 0 radical (unpaired) electrons. The highest BCUT2D eigenvalue weighted by atomic mass is 32.1. The summed E-state index contributed by atoms with van der Waals surface area (Å²) in [6, 6.07) is 1.06. The Hall–Kier alpha value is -0.310. The zero-order valence-electron chi connectivity index (χ0n) is 10.2. The topological polar surface area (TPSA) is 24.1 Å². The van der Waals surface area contributed by atoms with E-state index < -0.39 is 0 Å². The number of hydrogen-bond acceptors (Lipinski definition) is 1. The second-order valence-electron chi connectivity index (χ2n) is 4.80. The van der Waals surface area contributed by atoms with Crippen LogP contribution >= 0.6 is 12.2 Å². The molecule has 3 heteroatoms. The number of thiocarbonyl (C=S) groups is 1. The van der Waals surface area contributed by atoms with Crippen molar-refractivity contribution in [3.8, 4) is 0 Å². The molecule has 0 spiro atoms. The summed E-state index contributed by atoms with van der Waals surface area (Å²) in [5, 5.41) is 7.61. The minimum atomic E-state index is 0.476. The Morgan fingerprint density at radius 1 is 1.40 bits per heavy atom. The second kappa shape index (κ2) is 6.31. The van der Waals surface area contributed by atoms with Crippen LogP contribution in [0, 0.1) is 5.92 Å². The van der Waals surface area contributed by atoms with Crippen LogP contribution in [0.4, 0.5) is 0 Å². The molecule has 1 aliphatic carbocycles. The summed E-state index contributed by atoms with van der Waals surface area (Å²) < 4.78 is 0. The molecule has 1 rings (SSSR count). The lowest BCUT2D eigenvalue weighted by Gasteiger charge is -2.31. The third kappa shape index (κ3) is 4.37. The molecule has 2 N–H and O–H groups in total. The van der Waals surface area contributed by atoms with Gasteiger partial charge in [-0.3, -0.25) is 0 Å². The lowest BCUT2D eigenvalue weighted by atomic mass is 9.86. The molecule has 0 aliphatic heterocycles. The van der Waals surface area contributed by atoms with Gasteiger partial charge < -0.3 is 10.6 Å². The first kappa shape index (κ1) is 12.8. The average molecular weight is 228 g/mol. The van der Waals surface area contributed by atoms with E-state index in [9.17, 15) is 0 Å². The largest absolute Gasteiger partial charge is 0.360 e. The van der Waals surface area contributed by atoms with Crippen molar-refractivity contribution in [2.45, 2.75) is 65.0 Å². The quantitative estimate of drug-likeness (QED) is 0.726. The molecule has 0 bridgehead atoms. The van der Waals surface area contributed by atoms with E-state index in [-0.39, 0.29) is 0 Å². The Morgan fingerprint density at radius 2 is 2.07 bits per heavy atom. The highest BCUT2D eigenvalue weighted by Crippen LogP contribution is 2.23. The second-order valence-corrected chi connectivity index (χ2v) is 5.20. The normalized spacial score (nSPS) is 28.2. The Morgan fingerprint density at radius 3 is 2.67 bits per heavy atom. The molecule has 0 heterocycles. The number of hydrogen-bond donors (Lipinski definition) is 2. The maximum atomic E-state index is 5.31. The van der Waals surface area contributed by atoms with E-state index in [1.807, 2.05) is 0 Å². The van der Waals surface area contributed by atoms with Crippen LogP contribution in [0.2, 0.25) is 0 Å². The molecule has 3 atom stereocenters. The van der Waals surface area contributed by atoms with Crippen molar-refractivity contribution in [1.82, 2.24) is 10.6 Å². The first-order chi connectivity index (χ1) is 7.13. The Kier molecular flexibility index (Phi) is 5.37. The van der Waals surface area contributed by atoms with E-state index in [0.29, 0.717) is 12.1 Å². The van der Waals surface area contributed by atoms with Gasteiger partial charge in [-0.15, -0.1) is 0 Å². The fraction of sp³-hybridized carbons (Fsp3) is 0.917. The zero-order valence-corrected chi connectivity index (χ0v) is 11.0. The van der Waals surface area contributed by atoms with Crippen molar-refractivity contribution < 1.29 is 0 Å². The molecule has 2 nitrogen and oxygen atoms in total. The predicted molar refractivity (Wildman–Crippen MR) is 70.0 cm³/mol. The van der Waals surface area contributed by atoms with Crippen molar-refractivity contribution in [3.63, 3.8) is 0 Å². The molecule has 1 saturated carbocycles. The van der Waals surface area contributed by atoms with Crippen LogP contribution in [0.15, 0.2) is 0 Å². The van der Waals surface area contributed by atoms with Gasteiger partial charge in [0.05, 0.1) is 0 Å². The molecule has 0 aromatic heterocycles. The molecular formula is C12H24N2S. The average Bonchev–Trinajstić information content (AvgIpc) is 2.21. The number of rotatable bonds is 3. The molecule has 0 unspecified atom stereocenters. The number of nitrogens with one attached hydrogen (secondary N) is 2. The lowest BCUT2D eigenvalue weighted by Crippen LogP contribution is -2.48. The van der Waals surface area contributed by atoms with Gasteiger partial charge in [-0.05, 0) is 44.3 Å². The van der Waals surface area contributed by atoms with Crippen LogP contribution in [0.3, 0.4) is 0 Å². The van der Waals surface area contributed by atoms with Crippen LogP contribution in [0.1, 0.15) is 52.9 Å². The van der Waals surface area contributed by atoms with Crippen LogP contribution in [-0.2, 0) is 0 Å². The molecule has 0 aromatic rings. The van der Waals surface area contributed by atoms with Crippen molar-refractivity contribution in [2.24, 2.45) is 5.92 Å². The lowest BCUT2D eigenvalue weighted by molar-refractivity contribution is 0.307. The van der Waals surface area contributed by atoms with Crippen LogP contribution in [-0.4, -0.2) is 17.2 Å². The maximum absolute atomic E-state index is 5.31. The highest BCUT2D eigenvalue weighted by Gasteiger charge is 2.21. The molecular weight excluding hydrogens is 204 g/mol. The van der Waals surface area contributed by atoms with E-state index in [2.05, 4.69) is 31.4 Å². The summed E-state index contributed by atoms with van der Waals surface area (Å²) in [5.41, 5.74) is 0. The molecule has 1 fully saturated rings. The van der Waals surface area contributed by atoms with Crippen LogP contribution < -0.4 is 10.6 Å².